The smallest absolute Gasteiger partial charge is 0.251 e. The molecule has 0 radical (unpaired) electrons. The number of aryl methyl sites for hydroxylation is 1. The average Bonchev–Trinajstić information content (AvgIpc) is 2.79. The van der Waals surface area contributed by atoms with E-state index >= 15 is 0 Å². The lowest BCUT2D eigenvalue weighted by molar-refractivity contribution is -0.117. The first-order valence-corrected chi connectivity index (χ1v) is 10.2. The van der Waals surface area contributed by atoms with E-state index in [1.54, 1.807) is 17.3 Å². The van der Waals surface area contributed by atoms with Gasteiger partial charge in [0.2, 0.25) is 0 Å². The molecule has 2 aliphatic carbocycles. The summed E-state index contributed by atoms with van der Waals surface area (Å²) in [5.74, 6) is -0.115. The monoisotopic (exact) mass is 378 g/mol. The van der Waals surface area contributed by atoms with E-state index in [1.165, 1.54) is 47.6 Å². The molecule has 3 aliphatic rings. The molecule has 1 aliphatic heterocycles. The van der Waals surface area contributed by atoms with Crippen molar-refractivity contribution in [3.05, 3.63) is 94.3 Å². The van der Waals surface area contributed by atoms with Gasteiger partial charge in [-0.3, -0.25) is 4.79 Å². The lowest BCUT2D eigenvalue weighted by atomic mass is 9.80. The van der Waals surface area contributed by atoms with E-state index < -0.39 is 0 Å². The van der Waals surface area contributed by atoms with Crippen LogP contribution in [0.3, 0.4) is 0 Å². The summed E-state index contributed by atoms with van der Waals surface area (Å²) in [6, 6.07) is 17.1. The standard InChI is InChI=1S/C18H16.C8H6N2O/c1-3-7-15-13(5-1)9-11-18-16-8-4-2-6-14(16)10-12-17(15)18;11-7-4-3-6-2-1-5-9-8(6)10-7/h1,3-5,7-9,11H,2,6,10,12H2;1-3,5H,4H2. The van der Waals surface area contributed by atoms with Crippen LogP contribution in [-0.4, -0.2) is 10.9 Å². The molecule has 29 heavy (non-hydrogen) atoms. The van der Waals surface area contributed by atoms with Crippen molar-refractivity contribution in [1.82, 2.24) is 4.98 Å². The van der Waals surface area contributed by atoms with Crippen molar-refractivity contribution in [2.45, 2.75) is 32.1 Å². The minimum Gasteiger partial charge on any atom is -0.272 e. The van der Waals surface area contributed by atoms with Gasteiger partial charge >= 0.3 is 0 Å². The number of carbonyl (C=O) groups excluding carboxylic acids is 1. The minimum absolute atomic E-state index is 0.115. The average molecular weight is 378 g/mol. The highest BCUT2D eigenvalue weighted by Crippen LogP contribution is 2.39. The maximum atomic E-state index is 10.8. The number of rotatable bonds is 0. The Morgan fingerprint density at radius 1 is 0.897 bits per heavy atom. The van der Waals surface area contributed by atoms with E-state index in [-0.39, 0.29) is 5.91 Å². The van der Waals surface area contributed by atoms with E-state index in [0.29, 0.717) is 11.9 Å². The molecule has 0 saturated heterocycles. The van der Waals surface area contributed by atoms with Gasteiger partial charge in [-0.1, -0.05) is 60.2 Å². The van der Waals surface area contributed by atoms with Crippen molar-refractivity contribution in [3.8, 4) is 0 Å². The molecule has 0 spiro atoms. The molecule has 0 fully saturated rings. The summed E-state index contributed by atoms with van der Waals surface area (Å²) in [5.41, 5.74) is 6.75. The van der Waals surface area contributed by atoms with Crippen molar-refractivity contribution < 1.29 is 4.79 Å². The molecule has 3 aromatic rings. The number of hydrogen-bond donors (Lipinski definition) is 0. The van der Waals surface area contributed by atoms with Gasteiger partial charge in [0.1, 0.15) is 0 Å². The Morgan fingerprint density at radius 3 is 2.79 bits per heavy atom. The molecule has 1 amide bonds. The number of hydrogen-bond acceptors (Lipinski definition) is 2. The van der Waals surface area contributed by atoms with E-state index in [2.05, 4.69) is 58.5 Å². The van der Waals surface area contributed by atoms with E-state index in [1.807, 2.05) is 18.2 Å². The Bertz CT molecular complexity index is 1300. The largest absolute Gasteiger partial charge is 0.272 e. The second-order valence-electron chi connectivity index (χ2n) is 7.60. The third-order valence-corrected chi connectivity index (χ3v) is 5.83. The highest BCUT2D eigenvalue weighted by Gasteiger charge is 2.20. The highest BCUT2D eigenvalue weighted by molar-refractivity contribution is 5.93. The fraction of sp³-hybridized carbons (Fsp3) is 0.192. The lowest BCUT2D eigenvalue weighted by Gasteiger charge is -2.25. The van der Waals surface area contributed by atoms with Gasteiger partial charge in [-0.2, -0.15) is 4.99 Å². The quantitative estimate of drug-likeness (QED) is 0.585. The number of aromatic nitrogens is 1. The molecule has 2 aromatic carbocycles. The first-order valence-electron chi connectivity index (χ1n) is 10.2. The third-order valence-electron chi connectivity index (χ3n) is 5.83. The molecule has 0 unspecified atom stereocenters. The van der Waals surface area contributed by atoms with Gasteiger partial charge in [0.05, 0.1) is 0 Å². The molecule has 3 heteroatoms. The normalized spacial score (nSPS) is 16.6. The SMILES string of the molecule is C1=CC2=C(CC1)CCc1c2ccc2ccccc12.O=C1CC=c2cccnc2=N1. The zero-order chi connectivity index (χ0) is 19.6. The number of benzene rings is 2. The number of fused-ring (bicyclic) bond motifs is 5. The van der Waals surface area contributed by atoms with Crippen LogP contribution in [0.1, 0.15) is 36.8 Å². The zero-order valence-electron chi connectivity index (χ0n) is 16.3. The van der Waals surface area contributed by atoms with Crippen LogP contribution >= 0.6 is 0 Å². The zero-order valence-corrected chi connectivity index (χ0v) is 16.3. The van der Waals surface area contributed by atoms with Crippen molar-refractivity contribution >= 4 is 28.3 Å². The molecule has 142 valence electrons. The van der Waals surface area contributed by atoms with Crippen LogP contribution in [0.25, 0.3) is 22.4 Å². The van der Waals surface area contributed by atoms with Crippen LogP contribution < -0.4 is 10.7 Å². The highest BCUT2D eigenvalue weighted by atomic mass is 16.1. The molecular formula is C26H22N2O. The van der Waals surface area contributed by atoms with Crippen LogP contribution in [0.2, 0.25) is 0 Å². The Balaban J connectivity index is 0.000000142. The van der Waals surface area contributed by atoms with Crippen molar-refractivity contribution in [2.24, 2.45) is 4.99 Å². The molecule has 0 atom stereocenters. The molecule has 0 bridgehead atoms. The summed E-state index contributed by atoms with van der Waals surface area (Å²) in [7, 11) is 0. The molecule has 2 heterocycles. The van der Waals surface area contributed by atoms with Crippen LogP contribution in [0.4, 0.5) is 0 Å². The maximum absolute atomic E-state index is 10.8. The molecule has 0 saturated carbocycles. The van der Waals surface area contributed by atoms with Crippen LogP contribution in [0.15, 0.2) is 77.4 Å². The summed E-state index contributed by atoms with van der Waals surface area (Å²) >= 11 is 0. The van der Waals surface area contributed by atoms with Crippen molar-refractivity contribution in [2.75, 3.05) is 0 Å². The van der Waals surface area contributed by atoms with E-state index in [9.17, 15) is 4.79 Å². The van der Waals surface area contributed by atoms with E-state index in [4.69, 9.17) is 0 Å². The molecule has 0 N–H and O–H groups in total. The summed E-state index contributed by atoms with van der Waals surface area (Å²) in [5, 5.41) is 3.77. The lowest BCUT2D eigenvalue weighted by Crippen LogP contribution is -2.31. The van der Waals surface area contributed by atoms with Gasteiger partial charge < -0.3 is 0 Å². The first-order chi connectivity index (χ1) is 14.3. The number of carbonyl (C=O) groups is 1. The first kappa shape index (κ1) is 17.7. The van der Waals surface area contributed by atoms with E-state index in [0.717, 1.165) is 5.22 Å². The van der Waals surface area contributed by atoms with Gasteiger partial charge in [-0.15, -0.1) is 0 Å². The predicted octanol–water partition coefficient (Wildman–Crippen LogP) is 4.30. The second kappa shape index (κ2) is 7.59. The third kappa shape index (κ3) is 3.44. The summed E-state index contributed by atoms with van der Waals surface area (Å²) in [4.78, 5) is 18.5. The van der Waals surface area contributed by atoms with Crippen LogP contribution in [-0.2, 0) is 11.2 Å². The minimum atomic E-state index is -0.115. The summed E-state index contributed by atoms with van der Waals surface area (Å²) in [6.07, 6.45) is 13.5. The predicted molar refractivity (Wildman–Crippen MR) is 117 cm³/mol. The fourth-order valence-corrected chi connectivity index (χ4v) is 4.41. The summed E-state index contributed by atoms with van der Waals surface area (Å²) in [6.45, 7) is 0. The fourth-order valence-electron chi connectivity index (χ4n) is 4.41. The Morgan fingerprint density at radius 2 is 1.83 bits per heavy atom. The summed E-state index contributed by atoms with van der Waals surface area (Å²) < 4.78 is 0. The molecule has 1 aromatic heterocycles. The number of nitrogens with zero attached hydrogens (tertiary/aromatic N) is 2. The number of pyridine rings is 1. The van der Waals surface area contributed by atoms with Gasteiger partial charge in [0.15, 0.2) is 5.49 Å². The van der Waals surface area contributed by atoms with Crippen molar-refractivity contribution in [3.63, 3.8) is 0 Å². The second-order valence-corrected chi connectivity index (χ2v) is 7.60. The molecular weight excluding hydrogens is 356 g/mol. The molecule has 3 nitrogen and oxygen atoms in total. The van der Waals surface area contributed by atoms with Crippen LogP contribution in [0.5, 0.6) is 0 Å². The number of allylic oxidation sites excluding steroid dienone is 4. The maximum Gasteiger partial charge on any atom is 0.251 e. The molecule has 6 rings (SSSR count). The van der Waals surface area contributed by atoms with Crippen molar-refractivity contribution in [1.29, 1.82) is 0 Å². The van der Waals surface area contributed by atoms with Gasteiger partial charge in [-0.05, 0) is 65.3 Å². The van der Waals surface area contributed by atoms with Gasteiger partial charge in [0.25, 0.3) is 5.91 Å². The Kier molecular flexibility index (Phi) is 4.65. The van der Waals surface area contributed by atoms with Gasteiger partial charge in [0, 0.05) is 17.8 Å². The number of amides is 1. The topological polar surface area (TPSA) is 42.3 Å². The van der Waals surface area contributed by atoms with Crippen LogP contribution in [0, 0.1) is 0 Å². The van der Waals surface area contributed by atoms with Gasteiger partial charge in [-0.25, -0.2) is 4.98 Å². The Hall–Kier alpha value is -3.33. The Labute approximate surface area is 169 Å².